The van der Waals surface area contributed by atoms with Crippen LogP contribution in [0.5, 0.6) is 0 Å². The minimum atomic E-state index is -0.640. The highest BCUT2D eigenvalue weighted by Gasteiger charge is 2.22. The Bertz CT molecular complexity index is 954. The Labute approximate surface area is 173 Å². The maximum atomic E-state index is 12.6. The standard InChI is InChI=1S/C22H23NO5S/c1-26-12-11-23-20(24)13-27-22(25)21-18(17-9-5-6-10-19(17)28-21)15-29-14-16-7-3-2-4-8-16/h2-10H,11-15H2,1H3,(H,23,24). The molecule has 0 unspecified atom stereocenters. The second-order valence-electron chi connectivity index (χ2n) is 6.30. The Morgan fingerprint density at radius 3 is 2.59 bits per heavy atom. The van der Waals surface area contributed by atoms with Gasteiger partial charge in [0.15, 0.2) is 6.61 Å². The lowest BCUT2D eigenvalue weighted by Gasteiger charge is -2.06. The number of furan rings is 1. The molecule has 7 heteroatoms. The van der Waals surface area contributed by atoms with Gasteiger partial charge in [-0.3, -0.25) is 4.79 Å². The fourth-order valence-corrected chi connectivity index (χ4v) is 3.81. The van der Waals surface area contributed by atoms with Gasteiger partial charge in [0, 0.05) is 36.1 Å². The molecule has 3 aromatic rings. The summed E-state index contributed by atoms with van der Waals surface area (Å²) in [5.41, 5.74) is 2.62. The molecule has 0 radical (unpaired) electrons. The van der Waals surface area contributed by atoms with E-state index < -0.39 is 5.97 Å². The van der Waals surface area contributed by atoms with Crippen molar-refractivity contribution in [2.75, 3.05) is 26.9 Å². The van der Waals surface area contributed by atoms with Crippen molar-refractivity contribution >= 4 is 34.6 Å². The van der Waals surface area contributed by atoms with Gasteiger partial charge < -0.3 is 19.2 Å². The molecule has 29 heavy (non-hydrogen) atoms. The largest absolute Gasteiger partial charge is 0.450 e. The highest BCUT2D eigenvalue weighted by molar-refractivity contribution is 7.97. The summed E-state index contributed by atoms with van der Waals surface area (Å²) in [6.45, 7) is 0.390. The molecule has 0 aliphatic heterocycles. The van der Waals surface area contributed by atoms with Gasteiger partial charge in [0.2, 0.25) is 5.76 Å². The topological polar surface area (TPSA) is 77.8 Å². The van der Waals surface area contributed by atoms with E-state index in [0.717, 1.165) is 16.7 Å². The number of esters is 1. The minimum Gasteiger partial charge on any atom is -0.450 e. The molecule has 3 rings (SSSR count). The van der Waals surface area contributed by atoms with Crippen molar-refractivity contribution in [3.05, 3.63) is 71.5 Å². The Kier molecular flexibility index (Phi) is 7.72. The summed E-state index contributed by atoms with van der Waals surface area (Å²) in [6.07, 6.45) is 0. The molecule has 1 N–H and O–H groups in total. The van der Waals surface area contributed by atoms with Crippen molar-refractivity contribution in [3.8, 4) is 0 Å². The summed E-state index contributed by atoms with van der Waals surface area (Å²) in [4.78, 5) is 24.3. The van der Waals surface area contributed by atoms with Gasteiger partial charge in [-0.25, -0.2) is 4.79 Å². The van der Waals surface area contributed by atoms with Gasteiger partial charge in [-0.15, -0.1) is 0 Å². The molecule has 1 amide bonds. The number of hydrogen-bond acceptors (Lipinski definition) is 6. The maximum Gasteiger partial charge on any atom is 0.375 e. The zero-order valence-electron chi connectivity index (χ0n) is 16.2. The summed E-state index contributed by atoms with van der Waals surface area (Å²) in [5, 5.41) is 3.49. The fourth-order valence-electron chi connectivity index (χ4n) is 2.79. The van der Waals surface area contributed by atoms with Crippen LogP contribution in [0, 0.1) is 0 Å². The number of fused-ring (bicyclic) bond motifs is 1. The molecule has 1 heterocycles. The predicted molar refractivity (Wildman–Crippen MR) is 113 cm³/mol. The Hall–Kier alpha value is -2.77. The molecular weight excluding hydrogens is 390 g/mol. The summed E-state index contributed by atoms with van der Waals surface area (Å²) < 4.78 is 15.8. The summed E-state index contributed by atoms with van der Waals surface area (Å²) in [6, 6.07) is 17.6. The van der Waals surface area contributed by atoms with E-state index in [1.165, 1.54) is 5.56 Å². The van der Waals surface area contributed by atoms with E-state index >= 15 is 0 Å². The molecule has 0 saturated carbocycles. The van der Waals surface area contributed by atoms with Crippen LogP contribution in [-0.4, -0.2) is 38.7 Å². The third-order valence-electron chi connectivity index (χ3n) is 4.20. The number of para-hydroxylation sites is 1. The molecule has 0 aliphatic rings. The quantitative estimate of drug-likeness (QED) is 0.403. The fraction of sp³-hybridized carbons (Fsp3) is 0.273. The van der Waals surface area contributed by atoms with Crippen LogP contribution in [-0.2, 0) is 25.8 Å². The van der Waals surface area contributed by atoms with Crippen LogP contribution < -0.4 is 5.32 Å². The van der Waals surface area contributed by atoms with Gasteiger partial charge in [-0.1, -0.05) is 48.5 Å². The lowest BCUT2D eigenvalue weighted by Crippen LogP contribution is -2.31. The van der Waals surface area contributed by atoms with E-state index in [1.54, 1.807) is 18.9 Å². The number of rotatable bonds is 10. The molecule has 0 spiro atoms. The van der Waals surface area contributed by atoms with Crippen LogP contribution >= 0.6 is 11.8 Å². The van der Waals surface area contributed by atoms with Crippen LogP contribution in [0.15, 0.2) is 59.0 Å². The third kappa shape index (κ3) is 5.85. The average Bonchev–Trinajstić information content (AvgIpc) is 3.12. The average molecular weight is 413 g/mol. The lowest BCUT2D eigenvalue weighted by molar-refractivity contribution is -0.124. The van der Waals surface area contributed by atoms with Crippen molar-refractivity contribution in [1.29, 1.82) is 0 Å². The molecule has 0 bridgehead atoms. The van der Waals surface area contributed by atoms with Gasteiger partial charge in [-0.2, -0.15) is 11.8 Å². The van der Waals surface area contributed by atoms with Crippen molar-refractivity contribution in [2.24, 2.45) is 0 Å². The van der Waals surface area contributed by atoms with Gasteiger partial charge in [0.25, 0.3) is 5.91 Å². The van der Waals surface area contributed by atoms with E-state index in [1.807, 2.05) is 42.5 Å². The van der Waals surface area contributed by atoms with E-state index in [-0.39, 0.29) is 18.3 Å². The first-order valence-electron chi connectivity index (χ1n) is 9.24. The number of nitrogens with one attached hydrogen (secondary N) is 1. The lowest BCUT2D eigenvalue weighted by atomic mass is 10.1. The first-order chi connectivity index (χ1) is 14.2. The van der Waals surface area contributed by atoms with E-state index in [0.29, 0.717) is 24.5 Å². The Balaban J connectivity index is 1.67. The minimum absolute atomic E-state index is 0.149. The number of ether oxygens (including phenoxy) is 2. The van der Waals surface area contributed by atoms with Crippen molar-refractivity contribution < 1.29 is 23.5 Å². The molecule has 0 fully saturated rings. The van der Waals surface area contributed by atoms with Gasteiger partial charge in [0.05, 0.1) is 6.61 Å². The first-order valence-corrected chi connectivity index (χ1v) is 10.4. The van der Waals surface area contributed by atoms with Crippen molar-refractivity contribution in [1.82, 2.24) is 5.32 Å². The smallest absolute Gasteiger partial charge is 0.375 e. The second kappa shape index (κ2) is 10.7. The maximum absolute atomic E-state index is 12.6. The molecule has 0 aliphatic carbocycles. The SMILES string of the molecule is COCCNC(=O)COC(=O)c1oc2ccccc2c1CSCc1ccccc1. The molecular formula is C22H23NO5S. The van der Waals surface area contributed by atoms with E-state index in [9.17, 15) is 9.59 Å². The molecule has 1 aromatic heterocycles. The van der Waals surface area contributed by atoms with Gasteiger partial charge in [-0.05, 0) is 11.6 Å². The van der Waals surface area contributed by atoms with Gasteiger partial charge in [0.1, 0.15) is 5.58 Å². The normalized spacial score (nSPS) is 10.8. The first kappa shape index (κ1) is 21.0. The third-order valence-corrected chi connectivity index (χ3v) is 5.23. The molecule has 152 valence electrons. The van der Waals surface area contributed by atoms with Crippen molar-refractivity contribution in [2.45, 2.75) is 11.5 Å². The van der Waals surface area contributed by atoms with Crippen LogP contribution in [0.1, 0.15) is 21.7 Å². The molecule has 0 saturated heterocycles. The number of methoxy groups -OCH3 is 1. The summed E-state index contributed by atoms with van der Waals surface area (Å²) >= 11 is 1.69. The number of amides is 1. The molecule has 6 nitrogen and oxygen atoms in total. The molecule has 0 atom stereocenters. The van der Waals surface area contributed by atoms with Crippen LogP contribution in [0.25, 0.3) is 11.0 Å². The highest BCUT2D eigenvalue weighted by atomic mass is 32.2. The zero-order chi connectivity index (χ0) is 20.5. The Morgan fingerprint density at radius 2 is 1.79 bits per heavy atom. The van der Waals surface area contributed by atoms with Crippen LogP contribution in [0.3, 0.4) is 0 Å². The number of hydrogen-bond donors (Lipinski definition) is 1. The second-order valence-corrected chi connectivity index (χ2v) is 7.29. The van der Waals surface area contributed by atoms with Gasteiger partial charge >= 0.3 is 5.97 Å². The highest BCUT2D eigenvalue weighted by Crippen LogP contribution is 2.30. The van der Waals surface area contributed by atoms with E-state index in [4.69, 9.17) is 13.9 Å². The number of benzene rings is 2. The van der Waals surface area contributed by atoms with E-state index in [2.05, 4.69) is 17.4 Å². The Morgan fingerprint density at radius 1 is 1.03 bits per heavy atom. The van der Waals surface area contributed by atoms with Crippen LogP contribution in [0.2, 0.25) is 0 Å². The number of carbonyl (C=O) groups excluding carboxylic acids is 2. The predicted octanol–water partition coefficient (Wildman–Crippen LogP) is 3.79. The summed E-state index contributed by atoms with van der Waals surface area (Å²) in [5.74, 6) is 0.536. The zero-order valence-corrected chi connectivity index (χ0v) is 17.0. The summed E-state index contributed by atoms with van der Waals surface area (Å²) in [7, 11) is 1.55. The monoisotopic (exact) mass is 413 g/mol. The number of carbonyl (C=O) groups is 2. The number of thioether (sulfide) groups is 1. The molecule has 2 aromatic carbocycles. The van der Waals surface area contributed by atoms with Crippen molar-refractivity contribution in [3.63, 3.8) is 0 Å². The van der Waals surface area contributed by atoms with Crippen LogP contribution in [0.4, 0.5) is 0 Å².